The van der Waals surface area contributed by atoms with E-state index in [1.807, 2.05) is 29.8 Å². The first-order valence-electron chi connectivity index (χ1n) is 5.44. The number of hydrogen-bond donors (Lipinski definition) is 1. The van der Waals surface area contributed by atoms with Gasteiger partial charge in [-0.2, -0.15) is 5.10 Å². The van der Waals surface area contributed by atoms with Gasteiger partial charge in [-0.3, -0.25) is 4.68 Å². The predicted molar refractivity (Wildman–Crippen MR) is 67.7 cm³/mol. The maximum Gasteiger partial charge on any atom is 0.135 e. The Hall–Kier alpha value is -1.06. The van der Waals surface area contributed by atoms with E-state index < -0.39 is 0 Å². The molecular weight excluding hydrogens is 222 g/mol. The summed E-state index contributed by atoms with van der Waals surface area (Å²) in [6.45, 7) is 6.08. The number of aromatic nitrogens is 2. The number of fused-ring (bicyclic) bond motifs is 1. The lowest BCUT2D eigenvalue weighted by molar-refractivity contribution is 0.538. The van der Waals surface area contributed by atoms with E-state index in [9.17, 15) is 0 Å². The van der Waals surface area contributed by atoms with Gasteiger partial charge in [0, 0.05) is 17.5 Å². The lowest BCUT2D eigenvalue weighted by atomic mass is 10.1. The van der Waals surface area contributed by atoms with Crippen molar-refractivity contribution in [3.05, 3.63) is 28.9 Å². The normalized spacial score (nSPS) is 13.6. The van der Waals surface area contributed by atoms with Crippen molar-refractivity contribution in [1.82, 2.24) is 9.78 Å². The van der Waals surface area contributed by atoms with E-state index in [4.69, 9.17) is 17.3 Å². The summed E-state index contributed by atoms with van der Waals surface area (Å²) in [5, 5.41) is 6.12. The Kier molecular flexibility index (Phi) is 2.91. The zero-order valence-corrected chi connectivity index (χ0v) is 10.5. The summed E-state index contributed by atoms with van der Waals surface area (Å²) in [5.74, 6) is 0. The van der Waals surface area contributed by atoms with Crippen molar-refractivity contribution in [2.45, 2.75) is 32.9 Å². The maximum atomic E-state index is 6.29. The number of nitrogens with zero attached hydrogens (tertiary/aromatic N) is 2. The zero-order valence-electron chi connectivity index (χ0n) is 9.74. The van der Waals surface area contributed by atoms with Gasteiger partial charge in [0.15, 0.2) is 0 Å². The molecule has 0 bridgehead atoms. The highest BCUT2D eigenvalue weighted by Gasteiger charge is 2.12. The third-order valence-corrected chi connectivity index (χ3v) is 3.05. The van der Waals surface area contributed by atoms with Gasteiger partial charge < -0.3 is 5.73 Å². The number of hydrogen-bond acceptors (Lipinski definition) is 2. The van der Waals surface area contributed by atoms with Gasteiger partial charge in [-0.05, 0) is 38.5 Å². The molecular formula is C12H16ClN3. The lowest BCUT2D eigenvalue weighted by Crippen LogP contribution is -2.04. The van der Waals surface area contributed by atoms with Crippen molar-refractivity contribution < 1.29 is 0 Å². The Labute approximate surface area is 100 Å². The summed E-state index contributed by atoms with van der Waals surface area (Å²) in [6, 6.07) is 6.27. The fraction of sp³-hybridized carbons (Fsp3) is 0.417. The fourth-order valence-electron chi connectivity index (χ4n) is 1.71. The third-order valence-electron chi connectivity index (χ3n) is 2.67. The molecule has 1 atom stereocenters. The van der Waals surface area contributed by atoms with Crippen LogP contribution in [-0.2, 0) is 0 Å². The number of benzene rings is 1. The summed E-state index contributed by atoms with van der Waals surface area (Å²) < 4.78 is 1.83. The second kappa shape index (κ2) is 4.07. The minimum absolute atomic E-state index is 0.0165. The molecule has 4 heteroatoms. The average molecular weight is 238 g/mol. The Bertz CT molecular complexity index is 514. The Morgan fingerprint density at radius 3 is 2.56 bits per heavy atom. The van der Waals surface area contributed by atoms with Crippen molar-refractivity contribution in [1.29, 1.82) is 0 Å². The molecule has 0 saturated heterocycles. The summed E-state index contributed by atoms with van der Waals surface area (Å²) in [4.78, 5) is 0. The van der Waals surface area contributed by atoms with Crippen LogP contribution in [0.1, 0.15) is 38.4 Å². The molecule has 16 heavy (non-hydrogen) atoms. The van der Waals surface area contributed by atoms with Crippen LogP contribution < -0.4 is 5.73 Å². The molecule has 1 aromatic carbocycles. The molecule has 0 amide bonds. The van der Waals surface area contributed by atoms with Crippen LogP contribution in [0, 0.1) is 0 Å². The average Bonchev–Trinajstić information content (AvgIpc) is 2.56. The molecule has 0 radical (unpaired) electrons. The smallest absolute Gasteiger partial charge is 0.135 e. The van der Waals surface area contributed by atoms with Crippen molar-refractivity contribution in [2.24, 2.45) is 5.73 Å². The highest BCUT2D eigenvalue weighted by atomic mass is 35.5. The lowest BCUT2D eigenvalue weighted by Gasteiger charge is -2.06. The molecule has 0 fully saturated rings. The van der Waals surface area contributed by atoms with Gasteiger partial charge in [-0.1, -0.05) is 17.7 Å². The molecule has 2 rings (SSSR count). The van der Waals surface area contributed by atoms with Crippen LogP contribution >= 0.6 is 11.6 Å². The van der Waals surface area contributed by atoms with Crippen LogP contribution in [0.25, 0.3) is 10.9 Å². The topological polar surface area (TPSA) is 43.8 Å². The van der Waals surface area contributed by atoms with Gasteiger partial charge in [0.1, 0.15) is 5.15 Å². The molecule has 2 aromatic rings. The molecule has 0 aliphatic heterocycles. The molecule has 86 valence electrons. The summed E-state index contributed by atoms with van der Waals surface area (Å²) >= 11 is 6.29. The van der Waals surface area contributed by atoms with Crippen molar-refractivity contribution >= 4 is 22.5 Å². The second-order valence-electron chi connectivity index (χ2n) is 4.39. The molecule has 0 spiro atoms. The summed E-state index contributed by atoms with van der Waals surface area (Å²) in [7, 11) is 0. The Morgan fingerprint density at radius 1 is 1.31 bits per heavy atom. The zero-order chi connectivity index (χ0) is 11.9. The van der Waals surface area contributed by atoms with Crippen LogP contribution in [0.4, 0.5) is 0 Å². The van der Waals surface area contributed by atoms with E-state index in [-0.39, 0.29) is 12.1 Å². The Balaban J connectivity index is 2.64. The molecule has 1 aromatic heterocycles. The highest BCUT2D eigenvalue weighted by Crippen LogP contribution is 2.28. The highest BCUT2D eigenvalue weighted by molar-refractivity contribution is 6.34. The monoisotopic (exact) mass is 237 g/mol. The summed E-state index contributed by atoms with van der Waals surface area (Å²) in [6.07, 6.45) is 0. The SMILES string of the molecule is CC(N)c1ccc2nn(C(C)C)c(Cl)c2c1. The van der Waals surface area contributed by atoms with Gasteiger partial charge >= 0.3 is 0 Å². The van der Waals surface area contributed by atoms with Gasteiger partial charge in [0.05, 0.1) is 5.52 Å². The van der Waals surface area contributed by atoms with Gasteiger partial charge in [0.2, 0.25) is 0 Å². The van der Waals surface area contributed by atoms with Gasteiger partial charge in [-0.25, -0.2) is 0 Å². The van der Waals surface area contributed by atoms with Crippen LogP contribution in [0.2, 0.25) is 5.15 Å². The largest absolute Gasteiger partial charge is 0.324 e. The van der Waals surface area contributed by atoms with Crippen LogP contribution in [-0.4, -0.2) is 9.78 Å². The standard InChI is InChI=1S/C12H16ClN3/c1-7(2)16-12(13)10-6-9(8(3)14)4-5-11(10)15-16/h4-8H,14H2,1-3H3. The number of halogens is 1. The van der Waals surface area contributed by atoms with Crippen LogP contribution in [0.3, 0.4) is 0 Å². The second-order valence-corrected chi connectivity index (χ2v) is 4.75. The van der Waals surface area contributed by atoms with Gasteiger partial charge in [0.25, 0.3) is 0 Å². The summed E-state index contributed by atoms with van der Waals surface area (Å²) in [5.41, 5.74) is 7.85. The minimum atomic E-state index is 0.0165. The van der Waals surface area contributed by atoms with Crippen molar-refractivity contribution in [3.8, 4) is 0 Å². The van der Waals surface area contributed by atoms with Crippen molar-refractivity contribution in [3.63, 3.8) is 0 Å². The molecule has 1 heterocycles. The quantitative estimate of drug-likeness (QED) is 0.871. The molecule has 0 aliphatic rings. The van der Waals surface area contributed by atoms with Gasteiger partial charge in [-0.15, -0.1) is 0 Å². The minimum Gasteiger partial charge on any atom is -0.324 e. The van der Waals surface area contributed by atoms with Crippen LogP contribution in [0.5, 0.6) is 0 Å². The fourth-order valence-corrected chi connectivity index (χ4v) is 2.10. The molecule has 2 N–H and O–H groups in total. The first kappa shape index (κ1) is 11.4. The Morgan fingerprint density at radius 2 is 2.00 bits per heavy atom. The molecule has 1 unspecified atom stereocenters. The first-order chi connectivity index (χ1) is 7.50. The van der Waals surface area contributed by atoms with E-state index in [2.05, 4.69) is 18.9 Å². The third kappa shape index (κ3) is 1.81. The van der Waals surface area contributed by atoms with E-state index >= 15 is 0 Å². The number of rotatable bonds is 2. The molecule has 0 saturated carbocycles. The van der Waals surface area contributed by atoms with E-state index in [0.717, 1.165) is 16.5 Å². The van der Waals surface area contributed by atoms with Crippen molar-refractivity contribution in [2.75, 3.05) is 0 Å². The van der Waals surface area contributed by atoms with E-state index in [0.29, 0.717) is 5.15 Å². The van der Waals surface area contributed by atoms with Crippen LogP contribution in [0.15, 0.2) is 18.2 Å². The molecule has 0 aliphatic carbocycles. The van der Waals surface area contributed by atoms with E-state index in [1.165, 1.54) is 0 Å². The molecule has 3 nitrogen and oxygen atoms in total. The number of nitrogens with two attached hydrogens (primary N) is 1. The van der Waals surface area contributed by atoms with E-state index in [1.54, 1.807) is 0 Å². The predicted octanol–water partition coefficient (Wildman–Crippen LogP) is 3.29. The maximum absolute atomic E-state index is 6.29. The first-order valence-corrected chi connectivity index (χ1v) is 5.81.